The number of ether oxygens (including phenoxy) is 1. The maximum absolute atomic E-state index is 13.6. The van der Waals surface area contributed by atoms with Crippen LogP contribution >= 0.6 is 0 Å². The summed E-state index contributed by atoms with van der Waals surface area (Å²) in [4.78, 5) is 13.1. The SMILES string of the molecule is COc1ccc(C)cc1N(CC(=O)N[C@H](C)CCc1ccccc1)S(=O)(=O)c1ccc(C)cc1. The predicted molar refractivity (Wildman–Crippen MR) is 136 cm³/mol. The highest BCUT2D eigenvalue weighted by Crippen LogP contribution is 2.33. The summed E-state index contributed by atoms with van der Waals surface area (Å²) in [5.74, 6) is 0.00557. The number of hydrogen-bond donors (Lipinski definition) is 1. The summed E-state index contributed by atoms with van der Waals surface area (Å²) in [6.07, 6.45) is 1.56. The molecule has 0 aliphatic carbocycles. The van der Waals surface area contributed by atoms with Crippen LogP contribution in [-0.4, -0.2) is 34.0 Å². The Morgan fingerprint density at radius 3 is 2.26 bits per heavy atom. The lowest BCUT2D eigenvalue weighted by Crippen LogP contribution is -2.43. The molecule has 3 aromatic carbocycles. The molecular formula is C27H32N2O4S. The number of aryl methyl sites for hydroxylation is 3. The molecule has 7 heteroatoms. The molecule has 3 rings (SSSR count). The first-order chi connectivity index (χ1) is 16.2. The van der Waals surface area contributed by atoms with Gasteiger partial charge in [-0.25, -0.2) is 8.42 Å². The molecule has 0 fully saturated rings. The van der Waals surface area contributed by atoms with Crippen molar-refractivity contribution in [2.75, 3.05) is 18.0 Å². The first-order valence-electron chi connectivity index (χ1n) is 11.3. The fourth-order valence-electron chi connectivity index (χ4n) is 3.68. The number of rotatable bonds is 10. The number of nitrogens with zero attached hydrogens (tertiary/aromatic N) is 1. The molecule has 0 aromatic heterocycles. The standard InChI is InChI=1S/C27H32N2O4S/c1-20-10-15-24(16-11-20)34(31,32)29(25-18-21(2)12-17-26(25)33-4)19-27(30)28-22(3)13-14-23-8-6-5-7-9-23/h5-12,15-18,22H,13-14,19H2,1-4H3,(H,28,30)/t22-/m1/s1. The number of methoxy groups -OCH3 is 1. The maximum atomic E-state index is 13.6. The molecule has 0 aliphatic heterocycles. The van der Waals surface area contributed by atoms with Crippen LogP contribution in [0.2, 0.25) is 0 Å². The summed E-state index contributed by atoms with van der Waals surface area (Å²) in [7, 11) is -2.53. The van der Waals surface area contributed by atoms with Crippen LogP contribution in [0.5, 0.6) is 5.75 Å². The molecule has 34 heavy (non-hydrogen) atoms. The van der Waals surface area contributed by atoms with E-state index in [0.717, 1.165) is 28.3 Å². The second-order valence-corrected chi connectivity index (χ2v) is 10.4. The third-order valence-electron chi connectivity index (χ3n) is 5.62. The number of hydrogen-bond acceptors (Lipinski definition) is 4. The van der Waals surface area contributed by atoms with Crippen molar-refractivity contribution in [3.8, 4) is 5.75 Å². The van der Waals surface area contributed by atoms with Crippen molar-refractivity contribution in [1.82, 2.24) is 5.32 Å². The van der Waals surface area contributed by atoms with Crippen LogP contribution in [0.1, 0.15) is 30.0 Å². The number of anilines is 1. The molecule has 1 N–H and O–H groups in total. The molecular weight excluding hydrogens is 448 g/mol. The molecule has 0 saturated heterocycles. The second-order valence-electron chi connectivity index (χ2n) is 8.49. The van der Waals surface area contributed by atoms with Crippen molar-refractivity contribution in [1.29, 1.82) is 0 Å². The monoisotopic (exact) mass is 480 g/mol. The zero-order valence-electron chi connectivity index (χ0n) is 20.1. The van der Waals surface area contributed by atoms with Gasteiger partial charge in [-0.05, 0) is 69.0 Å². The molecule has 0 bridgehead atoms. The topological polar surface area (TPSA) is 75.7 Å². The van der Waals surface area contributed by atoms with Gasteiger partial charge in [0.1, 0.15) is 12.3 Å². The minimum absolute atomic E-state index is 0.115. The third-order valence-corrected chi connectivity index (χ3v) is 7.39. The van der Waals surface area contributed by atoms with E-state index in [1.54, 1.807) is 36.4 Å². The first-order valence-corrected chi connectivity index (χ1v) is 12.7. The van der Waals surface area contributed by atoms with Crippen molar-refractivity contribution in [2.24, 2.45) is 0 Å². The highest BCUT2D eigenvalue weighted by Gasteiger charge is 2.30. The smallest absolute Gasteiger partial charge is 0.264 e. The Balaban J connectivity index is 1.84. The highest BCUT2D eigenvalue weighted by molar-refractivity contribution is 7.92. The van der Waals surface area contributed by atoms with Gasteiger partial charge in [0.05, 0.1) is 17.7 Å². The average molecular weight is 481 g/mol. The minimum Gasteiger partial charge on any atom is -0.495 e. The van der Waals surface area contributed by atoms with Crippen LogP contribution in [0.4, 0.5) is 5.69 Å². The lowest BCUT2D eigenvalue weighted by Gasteiger charge is -2.27. The number of benzene rings is 3. The van der Waals surface area contributed by atoms with Crippen LogP contribution in [0.25, 0.3) is 0 Å². The van der Waals surface area contributed by atoms with E-state index < -0.39 is 10.0 Å². The van der Waals surface area contributed by atoms with Crippen LogP contribution in [0.15, 0.2) is 77.7 Å². The molecule has 1 amide bonds. The van der Waals surface area contributed by atoms with E-state index in [2.05, 4.69) is 17.4 Å². The molecule has 3 aromatic rings. The third kappa shape index (κ3) is 6.38. The molecule has 0 spiro atoms. The van der Waals surface area contributed by atoms with Crippen LogP contribution in [-0.2, 0) is 21.2 Å². The summed E-state index contributed by atoms with van der Waals surface area (Å²) in [6, 6.07) is 21.8. The number of nitrogens with one attached hydrogen (secondary N) is 1. The lowest BCUT2D eigenvalue weighted by atomic mass is 10.1. The van der Waals surface area contributed by atoms with E-state index in [4.69, 9.17) is 4.74 Å². The Bertz CT molecular complexity index is 1210. The van der Waals surface area contributed by atoms with E-state index in [-0.39, 0.29) is 23.4 Å². The van der Waals surface area contributed by atoms with Gasteiger partial charge in [0.25, 0.3) is 10.0 Å². The van der Waals surface area contributed by atoms with Gasteiger partial charge in [0.15, 0.2) is 0 Å². The average Bonchev–Trinajstić information content (AvgIpc) is 2.82. The maximum Gasteiger partial charge on any atom is 0.264 e. The second kappa shape index (κ2) is 11.2. The van der Waals surface area contributed by atoms with Gasteiger partial charge in [-0.15, -0.1) is 0 Å². The zero-order valence-corrected chi connectivity index (χ0v) is 20.9. The number of carbonyl (C=O) groups excluding carboxylic acids is 1. The van der Waals surface area contributed by atoms with E-state index >= 15 is 0 Å². The van der Waals surface area contributed by atoms with Crippen LogP contribution in [0.3, 0.4) is 0 Å². The molecule has 0 radical (unpaired) electrons. The Morgan fingerprint density at radius 2 is 1.62 bits per heavy atom. The molecule has 0 unspecified atom stereocenters. The molecule has 0 heterocycles. The molecule has 0 saturated carbocycles. The van der Waals surface area contributed by atoms with Crippen molar-refractivity contribution in [3.63, 3.8) is 0 Å². The number of carbonyl (C=O) groups is 1. The van der Waals surface area contributed by atoms with Crippen molar-refractivity contribution in [2.45, 2.75) is 44.6 Å². The predicted octanol–water partition coefficient (Wildman–Crippen LogP) is 4.64. The van der Waals surface area contributed by atoms with Gasteiger partial charge in [-0.1, -0.05) is 54.1 Å². The Kier molecular flexibility index (Phi) is 8.34. The molecule has 1 atom stereocenters. The van der Waals surface area contributed by atoms with Crippen molar-refractivity contribution in [3.05, 3.63) is 89.5 Å². The van der Waals surface area contributed by atoms with Gasteiger partial charge in [-0.3, -0.25) is 9.10 Å². The lowest BCUT2D eigenvalue weighted by molar-refractivity contribution is -0.120. The quantitative estimate of drug-likeness (QED) is 0.459. The highest BCUT2D eigenvalue weighted by atomic mass is 32.2. The summed E-state index contributed by atoms with van der Waals surface area (Å²) in [6.45, 7) is 5.33. The van der Waals surface area contributed by atoms with Crippen LogP contribution < -0.4 is 14.4 Å². The Morgan fingerprint density at radius 1 is 0.971 bits per heavy atom. The van der Waals surface area contributed by atoms with Gasteiger partial charge < -0.3 is 10.1 Å². The normalized spacial score (nSPS) is 12.1. The fraction of sp³-hybridized carbons (Fsp3) is 0.296. The minimum atomic E-state index is -4.01. The Labute approximate surface area is 202 Å². The van der Waals surface area contributed by atoms with E-state index in [1.807, 2.05) is 45.0 Å². The van der Waals surface area contributed by atoms with Gasteiger partial charge in [0.2, 0.25) is 5.91 Å². The van der Waals surface area contributed by atoms with Crippen molar-refractivity contribution < 1.29 is 17.9 Å². The Hall–Kier alpha value is -3.32. The largest absolute Gasteiger partial charge is 0.495 e. The molecule has 180 valence electrons. The van der Waals surface area contributed by atoms with Gasteiger partial charge >= 0.3 is 0 Å². The zero-order chi connectivity index (χ0) is 24.7. The van der Waals surface area contributed by atoms with E-state index in [0.29, 0.717) is 11.4 Å². The molecule has 6 nitrogen and oxygen atoms in total. The number of sulfonamides is 1. The summed E-state index contributed by atoms with van der Waals surface area (Å²) >= 11 is 0. The first kappa shape index (κ1) is 25.3. The van der Waals surface area contributed by atoms with Crippen molar-refractivity contribution >= 4 is 21.6 Å². The number of amides is 1. The van der Waals surface area contributed by atoms with Gasteiger partial charge in [0, 0.05) is 6.04 Å². The summed E-state index contributed by atoms with van der Waals surface area (Å²) in [5, 5.41) is 2.95. The van der Waals surface area contributed by atoms with E-state index in [9.17, 15) is 13.2 Å². The summed E-state index contributed by atoms with van der Waals surface area (Å²) < 4.78 is 33.9. The molecule has 0 aliphatic rings. The van der Waals surface area contributed by atoms with Gasteiger partial charge in [-0.2, -0.15) is 0 Å². The van der Waals surface area contributed by atoms with Crippen LogP contribution in [0, 0.1) is 13.8 Å². The summed E-state index contributed by atoms with van der Waals surface area (Å²) in [5.41, 5.74) is 3.33. The fourth-order valence-corrected chi connectivity index (χ4v) is 5.11. The van der Waals surface area contributed by atoms with E-state index in [1.165, 1.54) is 12.7 Å².